The second-order valence-electron chi connectivity index (χ2n) is 4.66. The number of amides is 1. The molecule has 0 atom stereocenters. The van der Waals surface area contributed by atoms with Gasteiger partial charge in [0.25, 0.3) is 5.91 Å². The first-order valence-corrected chi connectivity index (χ1v) is 6.62. The van der Waals surface area contributed by atoms with Crippen LogP contribution in [-0.2, 0) is 4.79 Å². The predicted octanol–water partition coefficient (Wildman–Crippen LogP) is 3.05. The Morgan fingerprint density at radius 1 is 1.30 bits per heavy atom. The monoisotopic (exact) mass is 349 g/mol. The van der Waals surface area contributed by atoms with Gasteiger partial charge >= 0.3 is 5.97 Å². The molecule has 1 amide bonds. The van der Waals surface area contributed by atoms with E-state index in [0.717, 1.165) is 17.0 Å². The Kier molecular flexibility index (Phi) is 4.86. The van der Waals surface area contributed by atoms with Crippen molar-refractivity contribution in [2.75, 3.05) is 6.54 Å². The summed E-state index contributed by atoms with van der Waals surface area (Å²) < 4.78 is 27.7. The van der Waals surface area contributed by atoms with E-state index in [-0.39, 0.29) is 11.0 Å². The van der Waals surface area contributed by atoms with Crippen molar-refractivity contribution in [1.82, 2.24) is 4.90 Å². The second-order valence-corrected chi connectivity index (χ2v) is 5.57. The van der Waals surface area contributed by atoms with Crippen LogP contribution < -0.4 is 0 Å². The fourth-order valence-electron chi connectivity index (χ4n) is 1.79. The van der Waals surface area contributed by atoms with Crippen LogP contribution in [0.5, 0.6) is 0 Å². The van der Waals surface area contributed by atoms with Gasteiger partial charge in [-0.3, -0.25) is 4.79 Å². The maximum absolute atomic E-state index is 13.8. The van der Waals surface area contributed by atoms with Crippen molar-refractivity contribution in [3.63, 3.8) is 0 Å². The van der Waals surface area contributed by atoms with E-state index in [1.54, 1.807) is 0 Å². The van der Waals surface area contributed by atoms with E-state index in [4.69, 9.17) is 5.11 Å². The molecule has 1 rings (SSSR count). The average molecular weight is 350 g/mol. The van der Waals surface area contributed by atoms with Gasteiger partial charge < -0.3 is 10.0 Å². The van der Waals surface area contributed by atoms with Crippen LogP contribution in [0.15, 0.2) is 16.6 Å². The molecule has 0 aliphatic carbocycles. The Morgan fingerprint density at radius 2 is 1.75 bits per heavy atom. The lowest BCUT2D eigenvalue weighted by Crippen LogP contribution is -2.53. The smallest absolute Gasteiger partial charge is 0.329 e. The van der Waals surface area contributed by atoms with Gasteiger partial charge in [0.1, 0.15) is 22.7 Å². The average Bonchev–Trinajstić information content (AvgIpc) is 2.27. The molecular weight excluding hydrogens is 336 g/mol. The number of carbonyl (C=O) groups excluding carboxylic acids is 1. The molecular formula is C13H14BrF2NO3. The molecule has 0 fully saturated rings. The number of carboxylic acids is 1. The minimum Gasteiger partial charge on any atom is -0.480 e. The standard InChI is InChI=1S/C13H14BrF2NO3/c1-4-17(13(2,3)12(19)20)11(18)10-8(15)5-7(14)6-9(10)16/h5-6H,4H2,1-3H3,(H,19,20). The highest BCUT2D eigenvalue weighted by Crippen LogP contribution is 2.24. The van der Waals surface area contributed by atoms with Crippen LogP contribution in [0, 0.1) is 11.6 Å². The molecule has 0 saturated carbocycles. The fourth-order valence-corrected chi connectivity index (χ4v) is 2.19. The van der Waals surface area contributed by atoms with Crippen molar-refractivity contribution in [3.05, 3.63) is 33.8 Å². The van der Waals surface area contributed by atoms with Gasteiger partial charge in [0, 0.05) is 11.0 Å². The van der Waals surface area contributed by atoms with E-state index < -0.39 is 34.6 Å². The maximum atomic E-state index is 13.8. The molecule has 20 heavy (non-hydrogen) atoms. The SMILES string of the molecule is CCN(C(=O)c1c(F)cc(Br)cc1F)C(C)(C)C(=O)O. The number of carboxylic acid groups (broad SMARTS) is 1. The van der Waals surface area contributed by atoms with E-state index in [9.17, 15) is 18.4 Å². The molecule has 0 spiro atoms. The molecule has 7 heteroatoms. The zero-order valence-electron chi connectivity index (χ0n) is 11.2. The maximum Gasteiger partial charge on any atom is 0.329 e. The molecule has 0 unspecified atom stereocenters. The third kappa shape index (κ3) is 2.98. The Morgan fingerprint density at radius 3 is 2.10 bits per heavy atom. The first-order valence-electron chi connectivity index (χ1n) is 5.82. The van der Waals surface area contributed by atoms with Gasteiger partial charge in [0.15, 0.2) is 0 Å². The molecule has 0 heterocycles. The summed E-state index contributed by atoms with van der Waals surface area (Å²) in [6.07, 6.45) is 0. The van der Waals surface area contributed by atoms with Crippen molar-refractivity contribution in [3.8, 4) is 0 Å². The molecule has 0 bridgehead atoms. The number of halogens is 3. The molecule has 110 valence electrons. The predicted molar refractivity (Wildman–Crippen MR) is 72.5 cm³/mol. The zero-order chi connectivity index (χ0) is 15.7. The largest absolute Gasteiger partial charge is 0.480 e. The number of carbonyl (C=O) groups is 2. The number of aliphatic carboxylic acids is 1. The highest BCUT2D eigenvalue weighted by Gasteiger charge is 2.38. The van der Waals surface area contributed by atoms with E-state index >= 15 is 0 Å². The van der Waals surface area contributed by atoms with Gasteiger partial charge in [0.2, 0.25) is 0 Å². The third-order valence-corrected chi connectivity index (χ3v) is 3.44. The highest BCUT2D eigenvalue weighted by molar-refractivity contribution is 9.10. The number of hydrogen-bond acceptors (Lipinski definition) is 2. The number of hydrogen-bond donors (Lipinski definition) is 1. The van der Waals surface area contributed by atoms with Gasteiger partial charge in [-0.05, 0) is 32.9 Å². The summed E-state index contributed by atoms with van der Waals surface area (Å²) in [6, 6.07) is 1.91. The zero-order valence-corrected chi connectivity index (χ0v) is 12.8. The van der Waals surface area contributed by atoms with Crippen LogP contribution in [0.4, 0.5) is 8.78 Å². The topological polar surface area (TPSA) is 57.6 Å². The Hall–Kier alpha value is -1.50. The Balaban J connectivity index is 3.33. The van der Waals surface area contributed by atoms with Crippen molar-refractivity contribution < 1.29 is 23.5 Å². The normalized spacial score (nSPS) is 11.3. The van der Waals surface area contributed by atoms with Crippen LogP contribution in [0.3, 0.4) is 0 Å². The Labute approximate surface area is 123 Å². The summed E-state index contributed by atoms with van der Waals surface area (Å²) in [7, 11) is 0. The van der Waals surface area contributed by atoms with Gasteiger partial charge in [-0.25, -0.2) is 13.6 Å². The van der Waals surface area contributed by atoms with E-state index in [2.05, 4.69) is 15.9 Å². The van der Waals surface area contributed by atoms with Gasteiger partial charge in [-0.2, -0.15) is 0 Å². The first kappa shape index (κ1) is 16.6. The number of nitrogens with zero attached hydrogens (tertiary/aromatic N) is 1. The van der Waals surface area contributed by atoms with Gasteiger partial charge in [-0.1, -0.05) is 15.9 Å². The molecule has 1 N–H and O–H groups in total. The van der Waals surface area contributed by atoms with E-state index in [1.807, 2.05) is 0 Å². The van der Waals surface area contributed by atoms with Crippen LogP contribution in [0.25, 0.3) is 0 Å². The van der Waals surface area contributed by atoms with Crippen molar-refractivity contribution >= 4 is 27.8 Å². The Bertz CT molecular complexity index is 538. The minimum atomic E-state index is -1.57. The summed E-state index contributed by atoms with van der Waals surface area (Å²) in [6.45, 7) is 4.14. The number of benzene rings is 1. The summed E-state index contributed by atoms with van der Waals surface area (Å²) in [5.74, 6) is -4.34. The minimum absolute atomic E-state index is 0.00702. The van der Waals surface area contributed by atoms with Crippen LogP contribution in [-0.4, -0.2) is 34.0 Å². The highest BCUT2D eigenvalue weighted by atomic mass is 79.9. The second kappa shape index (κ2) is 5.87. The van der Waals surface area contributed by atoms with E-state index in [1.165, 1.54) is 20.8 Å². The number of likely N-dealkylation sites (N-methyl/N-ethyl adjacent to an activating group) is 1. The van der Waals surface area contributed by atoms with Crippen LogP contribution in [0.2, 0.25) is 0 Å². The van der Waals surface area contributed by atoms with Gasteiger partial charge in [-0.15, -0.1) is 0 Å². The summed E-state index contributed by atoms with van der Waals surface area (Å²) in [5, 5.41) is 9.13. The van der Waals surface area contributed by atoms with Crippen molar-refractivity contribution in [2.45, 2.75) is 26.3 Å². The van der Waals surface area contributed by atoms with Gasteiger partial charge in [0.05, 0.1) is 0 Å². The third-order valence-electron chi connectivity index (χ3n) is 2.98. The molecule has 0 aromatic heterocycles. The van der Waals surface area contributed by atoms with Crippen molar-refractivity contribution in [2.24, 2.45) is 0 Å². The van der Waals surface area contributed by atoms with E-state index in [0.29, 0.717) is 0 Å². The first-order chi connectivity index (χ1) is 9.12. The molecule has 1 aromatic rings. The fraction of sp³-hybridized carbons (Fsp3) is 0.385. The van der Waals surface area contributed by atoms with Crippen molar-refractivity contribution in [1.29, 1.82) is 0 Å². The van der Waals surface area contributed by atoms with Crippen LogP contribution >= 0.6 is 15.9 Å². The lowest BCUT2D eigenvalue weighted by molar-refractivity contribution is -0.147. The molecule has 1 aromatic carbocycles. The quantitative estimate of drug-likeness (QED) is 0.908. The molecule has 0 saturated heterocycles. The molecule has 0 radical (unpaired) electrons. The lowest BCUT2D eigenvalue weighted by Gasteiger charge is -2.34. The van der Waals surface area contributed by atoms with Crippen LogP contribution in [0.1, 0.15) is 31.1 Å². The molecule has 4 nitrogen and oxygen atoms in total. The molecule has 0 aliphatic heterocycles. The lowest BCUT2D eigenvalue weighted by atomic mass is 10.0. The summed E-state index contributed by atoms with van der Waals surface area (Å²) in [5.41, 5.74) is -2.33. The summed E-state index contributed by atoms with van der Waals surface area (Å²) >= 11 is 2.91. The number of rotatable bonds is 4. The molecule has 0 aliphatic rings. The summed E-state index contributed by atoms with van der Waals surface area (Å²) in [4.78, 5) is 24.3.